The molecule has 0 amide bonds. The van der Waals surface area contributed by atoms with E-state index < -0.39 is 0 Å². The predicted octanol–water partition coefficient (Wildman–Crippen LogP) is 2.19. The molecule has 74 valence electrons. The van der Waals surface area contributed by atoms with E-state index in [1.807, 2.05) is 6.08 Å². The van der Waals surface area contributed by atoms with E-state index in [0.717, 1.165) is 25.5 Å². The number of ether oxygens (including phenoxy) is 1. The quantitative estimate of drug-likeness (QED) is 0.492. The van der Waals surface area contributed by atoms with Crippen LogP contribution in [0.3, 0.4) is 0 Å². The van der Waals surface area contributed by atoms with Gasteiger partial charge < -0.3 is 9.53 Å². The Balaban J connectivity index is 2.77. The van der Waals surface area contributed by atoms with Gasteiger partial charge in [-0.3, -0.25) is 0 Å². The third-order valence-corrected chi connectivity index (χ3v) is 3.08. The molecule has 0 aromatic carbocycles. The normalized spacial score (nSPS) is 34.1. The monoisotopic (exact) mass is 182 g/mol. The minimum absolute atomic E-state index is 0.283. The lowest BCUT2D eigenvalue weighted by atomic mass is 9.67. The minimum atomic E-state index is -0.283. The second kappa shape index (κ2) is 4.56. The Bertz CT molecular complexity index is 185. The van der Waals surface area contributed by atoms with Crippen molar-refractivity contribution in [1.82, 2.24) is 0 Å². The Labute approximate surface area is 80.0 Å². The van der Waals surface area contributed by atoms with Crippen molar-refractivity contribution in [2.45, 2.75) is 25.7 Å². The molecule has 2 unspecified atom stereocenters. The van der Waals surface area contributed by atoms with Gasteiger partial charge in [0.15, 0.2) is 0 Å². The van der Waals surface area contributed by atoms with E-state index in [1.165, 1.54) is 6.42 Å². The molecule has 0 aromatic rings. The predicted molar refractivity (Wildman–Crippen MR) is 52.5 cm³/mol. The van der Waals surface area contributed by atoms with Gasteiger partial charge in [-0.1, -0.05) is 18.9 Å². The molecule has 0 aliphatic heterocycles. The van der Waals surface area contributed by atoms with E-state index in [4.69, 9.17) is 4.74 Å². The van der Waals surface area contributed by atoms with Crippen LogP contribution in [0, 0.1) is 11.3 Å². The summed E-state index contributed by atoms with van der Waals surface area (Å²) in [5, 5.41) is 0. The molecule has 13 heavy (non-hydrogen) atoms. The Morgan fingerprint density at radius 3 is 2.92 bits per heavy atom. The molecule has 2 atom stereocenters. The van der Waals surface area contributed by atoms with Gasteiger partial charge >= 0.3 is 0 Å². The number of methoxy groups -OCH3 is 1. The molecule has 0 heterocycles. The van der Waals surface area contributed by atoms with Crippen LogP contribution < -0.4 is 0 Å². The van der Waals surface area contributed by atoms with Crippen molar-refractivity contribution >= 4 is 6.29 Å². The van der Waals surface area contributed by atoms with Gasteiger partial charge in [0.25, 0.3) is 0 Å². The lowest BCUT2D eigenvalue weighted by Gasteiger charge is -2.37. The average molecular weight is 182 g/mol. The summed E-state index contributed by atoms with van der Waals surface area (Å²) in [6.07, 6.45) is 7.34. The zero-order chi connectivity index (χ0) is 9.73. The summed E-state index contributed by atoms with van der Waals surface area (Å²) in [5.74, 6) is 0.304. The van der Waals surface area contributed by atoms with Gasteiger partial charge in [-0.2, -0.15) is 0 Å². The van der Waals surface area contributed by atoms with Crippen molar-refractivity contribution in [2.24, 2.45) is 11.3 Å². The van der Waals surface area contributed by atoms with Gasteiger partial charge in [-0.15, -0.1) is 6.58 Å². The van der Waals surface area contributed by atoms with Crippen LogP contribution in [-0.4, -0.2) is 20.0 Å². The number of hydrogen-bond donors (Lipinski definition) is 0. The molecule has 0 saturated heterocycles. The van der Waals surface area contributed by atoms with Crippen molar-refractivity contribution in [2.75, 3.05) is 13.7 Å². The standard InChI is InChI=1S/C11H18O2/c1-3-10-6-4-5-7-11(10,8-12)9-13-2/h3,8,10H,1,4-7,9H2,2H3. The molecule has 1 aliphatic rings. The number of hydrogen-bond acceptors (Lipinski definition) is 2. The fourth-order valence-corrected chi connectivity index (χ4v) is 2.27. The van der Waals surface area contributed by atoms with Gasteiger partial charge in [-0.25, -0.2) is 0 Å². The summed E-state index contributed by atoms with van der Waals surface area (Å²) in [6, 6.07) is 0. The fourth-order valence-electron chi connectivity index (χ4n) is 2.27. The lowest BCUT2D eigenvalue weighted by molar-refractivity contribution is -0.123. The first kappa shape index (κ1) is 10.5. The van der Waals surface area contributed by atoms with E-state index in [-0.39, 0.29) is 5.41 Å². The zero-order valence-corrected chi connectivity index (χ0v) is 8.29. The number of aldehydes is 1. The van der Waals surface area contributed by atoms with Crippen molar-refractivity contribution in [3.05, 3.63) is 12.7 Å². The Kier molecular flexibility index (Phi) is 3.67. The van der Waals surface area contributed by atoms with E-state index >= 15 is 0 Å². The molecule has 1 saturated carbocycles. The van der Waals surface area contributed by atoms with Crippen LogP contribution in [0.25, 0.3) is 0 Å². The third kappa shape index (κ3) is 1.99. The second-order valence-corrected chi connectivity index (χ2v) is 3.87. The van der Waals surface area contributed by atoms with Crippen LogP contribution in [0.1, 0.15) is 25.7 Å². The zero-order valence-electron chi connectivity index (χ0n) is 8.29. The topological polar surface area (TPSA) is 26.3 Å². The summed E-state index contributed by atoms with van der Waals surface area (Å²) >= 11 is 0. The number of rotatable bonds is 4. The fraction of sp³-hybridized carbons (Fsp3) is 0.727. The lowest BCUT2D eigenvalue weighted by Crippen LogP contribution is -2.38. The van der Waals surface area contributed by atoms with Gasteiger partial charge in [0.2, 0.25) is 0 Å². The van der Waals surface area contributed by atoms with Crippen LogP contribution in [0.5, 0.6) is 0 Å². The summed E-state index contributed by atoms with van der Waals surface area (Å²) in [7, 11) is 1.65. The molecule has 1 fully saturated rings. The van der Waals surface area contributed by atoms with Crippen LogP contribution in [-0.2, 0) is 9.53 Å². The molecular formula is C11H18O2. The smallest absolute Gasteiger partial charge is 0.129 e. The maximum Gasteiger partial charge on any atom is 0.129 e. The molecule has 0 radical (unpaired) electrons. The van der Waals surface area contributed by atoms with Crippen molar-refractivity contribution in [3.63, 3.8) is 0 Å². The summed E-state index contributed by atoms with van der Waals surface area (Å²) < 4.78 is 5.13. The van der Waals surface area contributed by atoms with Crippen LogP contribution in [0.2, 0.25) is 0 Å². The first-order valence-corrected chi connectivity index (χ1v) is 4.87. The molecule has 2 heteroatoms. The van der Waals surface area contributed by atoms with E-state index in [9.17, 15) is 4.79 Å². The molecule has 0 N–H and O–H groups in total. The van der Waals surface area contributed by atoms with Gasteiger partial charge in [-0.05, 0) is 18.8 Å². The number of carbonyl (C=O) groups is 1. The highest BCUT2D eigenvalue weighted by atomic mass is 16.5. The first-order valence-electron chi connectivity index (χ1n) is 4.87. The molecule has 0 aromatic heterocycles. The number of allylic oxidation sites excluding steroid dienone is 1. The Morgan fingerprint density at radius 1 is 1.62 bits per heavy atom. The van der Waals surface area contributed by atoms with Crippen molar-refractivity contribution in [1.29, 1.82) is 0 Å². The second-order valence-electron chi connectivity index (χ2n) is 3.87. The largest absolute Gasteiger partial charge is 0.384 e. The van der Waals surface area contributed by atoms with Crippen LogP contribution in [0.4, 0.5) is 0 Å². The molecule has 0 spiro atoms. The highest BCUT2D eigenvalue weighted by Gasteiger charge is 2.38. The highest BCUT2D eigenvalue weighted by Crippen LogP contribution is 2.40. The average Bonchev–Trinajstić information content (AvgIpc) is 2.19. The van der Waals surface area contributed by atoms with E-state index in [2.05, 4.69) is 6.58 Å². The highest BCUT2D eigenvalue weighted by molar-refractivity contribution is 5.61. The maximum atomic E-state index is 11.1. The molecular weight excluding hydrogens is 164 g/mol. The summed E-state index contributed by atoms with van der Waals surface area (Å²) in [5.41, 5.74) is -0.283. The molecule has 1 rings (SSSR count). The van der Waals surface area contributed by atoms with Crippen LogP contribution >= 0.6 is 0 Å². The van der Waals surface area contributed by atoms with Crippen LogP contribution in [0.15, 0.2) is 12.7 Å². The summed E-state index contributed by atoms with van der Waals surface area (Å²) in [4.78, 5) is 11.1. The SMILES string of the molecule is C=CC1CCCCC1(C=O)COC. The Hall–Kier alpha value is -0.630. The molecule has 1 aliphatic carbocycles. The first-order chi connectivity index (χ1) is 6.29. The third-order valence-electron chi connectivity index (χ3n) is 3.08. The minimum Gasteiger partial charge on any atom is -0.384 e. The number of carbonyl (C=O) groups excluding carboxylic acids is 1. The van der Waals surface area contributed by atoms with Gasteiger partial charge in [0.1, 0.15) is 6.29 Å². The van der Waals surface area contributed by atoms with Gasteiger partial charge in [0.05, 0.1) is 12.0 Å². The van der Waals surface area contributed by atoms with E-state index in [1.54, 1.807) is 7.11 Å². The van der Waals surface area contributed by atoms with Crippen molar-refractivity contribution in [3.8, 4) is 0 Å². The maximum absolute atomic E-state index is 11.1. The Morgan fingerprint density at radius 2 is 2.38 bits per heavy atom. The van der Waals surface area contributed by atoms with Gasteiger partial charge in [0, 0.05) is 7.11 Å². The molecule has 0 bridgehead atoms. The molecule has 2 nitrogen and oxygen atoms in total. The van der Waals surface area contributed by atoms with E-state index in [0.29, 0.717) is 12.5 Å². The van der Waals surface area contributed by atoms with Crippen molar-refractivity contribution < 1.29 is 9.53 Å². The summed E-state index contributed by atoms with van der Waals surface area (Å²) in [6.45, 7) is 4.33.